The molecule has 162 valence electrons. The van der Waals surface area contributed by atoms with Crippen molar-refractivity contribution < 1.29 is 12.8 Å². The molecular formula is C20H32FN5O2S. The molecule has 2 aliphatic rings. The predicted molar refractivity (Wildman–Crippen MR) is 115 cm³/mol. The summed E-state index contributed by atoms with van der Waals surface area (Å²) in [6.07, 6.45) is 3.45. The van der Waals surface area contributed by atoms with Gasteiger partial charge in [-0.15, -0.1) is 0 Å². The van der Waals surface area contributed by atoms with E-state index in [4.69, 9.17) is 0 Å². The Labute approximate surface area is 173 Å². The maximum Gasteiger partial charge on any atom is 0.213 e. The molecule has 0 atom stereocenters. The van der Waals surface area contributed by atoms with Crippen molar-refractivity contribution >= 4 is 21.7 Å². The molecule has 1 aromatic rings. The molecule has 0 spiro atoms. The SMILES string of the molecule is CCNC(=NCCS(=O)(=O)NCC1CCC1)N1CCN(c2ccc(F)cc2)CC1. The largest absolute Gasteiger partial charge is 0.368 e. The van der Waals surface area contributed by atoms with Gasteiger partial charge in [-0.3, -0.25) is 4.99 Å². The molecule has 0 radical (unpaired) electrons. The topological polar surface area (TPSA) is 77.0 Å². The molecule has 1 aromatic carbocycles. The molecule has 0 unspecified atom stereocenters. The Morgan fingerprint density at radius 1 is 1.17 bits per heavy atom. The van der Waals surface area contributed by atoms with Gasteiger partial charge >= 0.3 is 0 Å². The molecule has 3 rings (SSSR count). The summed E-state index contributed by atoms with van der Waals surface area (Å²) in [6.45, 7) is 6.67. The van der Waals surface area contributed by atoms with Crippen LogP contribution >= 0.6 is 0 Å². The zero-order chi connectivity index (χ0) is 20.7. The van der Waals surface area contributed by atoms with E-state index >= 15 is 0 Å². The van der Waals surface area contributed by atoms with E-state index in [1.807, 2.05) is 6.92 Å². The van der Waals surface area contributed by atoms with Crippen LogP contribution in [0.2, 0.25) is 0 Å². The lowest BCUT2D eigenvalue weighted by Crippen LogP contribution is -2.52. The number of rotatable bonds is 8. The average molecular weight is 426 g/mol. The Morgan fingerprint density at radius 2 is 1.86 bits per heavy atom. The van der Waals surface area contributed by atoms with Crippen LogP contribution in [0.1, 0.15) is 26.2 Å². The summed E-state index contributed by atoms with van der Waals surface area (Å²) in [5.41, 5.74) is 1.01. The minimum Gasteiger partial charge on any atom is -0.368 e. The third-order valence-electron chi connectivity index (χ3n) is 5.54. The van der Waals surface area contributed by atoms with Crippen molar-refractivity contribution in [3.63, 3.8) is 0 Å². The van der Waals surface area contributed by atoms with Gasteiger partial charge in [-0.05, 0) is 49.9 Å². The summed E-state index contributed by atoms with van der Waals surface area (Å²) < 4.78 is 40.2. The third-order valence-corrected chi connectivity index (χ3v) is 6.87. The molecule has 1 saturated heterocycles. The fourth-order valence-electron chi connectivity index (χ4n) is 3.54. The van der Waals surface area contributed by atoms with Crippen LogP contribution in [0.4, 0.5) is 10.1 Å². The number of benzene rings is 1. The van der Waals surface area contributed by atoms with Crippen LogP contribution in [-0.4, -0.2) is 70.8 Å². The van der Waals surface area contributed by atoms with Crippen LogP contribution in [0.25, 0.3) is 0 Å². The van der Waals surface area contributed by atoms with Gasteiger partial charge in [0.25, 0.3) is 0 Å². The predicted octanol–water partition coefficient (Wildman–Crippen LogP) is 1.63. The van der Waals surface area contributed by atoms with Crippen LogP contribution in [-0.2, 0) is 10.0 Å². The number of hydrogen-bond acceptors (Lipinski definition) is 4. The lowest BCUT2D eigenvalue weighted by atomic mass is 9.86. The Kier molecular flexibility index (Phi) is 7.71. The molecule has 0 amide bonds. The minimum atomic E-state index is -3.28. The first-order chi connectivity index (χ1) is 14.0. The molecule has 1 saturated carbocycles. The first kappa shape index (κ1) is 21.8. The van der Waals surface area contributed by atoms with Crippen molar-refractivity contribution in [2.24, 2.45) is 10.9 Å². The molecule has 1 aliphatic carbocycles. The molecule has 29 heavy (non-hydrogen) atoms. The second-order valence-corrected chi connectivity index (χ2v) is 9.58. The maximum atomic E-state index is 13.1. The van der Waals surface area contributed by atoms with Crippen LogP contribution < -0.4 is 14.9 Å². The van der Waals surface area contributed by atoms with Gasteiger partial charge < -0.3 is 15.1 Å². The van der Waals surface area contributed by atoms with Gasteiger partial charge in [0, 0.05) is 45.0 Å². The normalized spacial score (nSPS) is 18.6. The lowest BCUT2D eigenvalue weighted by Gasteiger charge is -2.37. The highest BCUT2D eigenvalue weighted by Gasteiger charge is 2.21. The molecule has 0 bridgehead atoms. The fraction of sp³-hybridized carbons (Fsp3) is 0.650. The molecular weight excluding hydrogens is 393 g/mol. The van der Waals surface area contributed by atoms with E-state index < -0.39 is 10.0 Å². The van der Waals surface area contributed by atoms with Gasteiger partial charge in [-0.2, -0.15) is 0 Å². The first-order valence-corrected chi connectivity index (χ1v) is 12.1. The quantitative estimate of drug-likeness (QED) is 0.489. The summed E-state index contributed by atoms with van der Waals surface area (Å²) in [6, 6.07) is 6.55. The monoisotopic (exact) mass is 425 g/mol. The van der Waals surface area contributed by atoms with E-state index in [0.29, 0.717) is 12.5 Å². The summed E-state index contributed by atoms with van der Waals surface area (Å²) in [5, 5.41) is 3.26. The second kappa shape index (κ2) is 10.2. The van der Waals surface area contributed by atoms with E-state index in [1.54, 1.807) is 12.1 Å². The Balaban J connectivity index is 1.49. The van der Waals surface area contributed by atoms with Gasteiger partial charge in [0.05, 0.1) is 12.3 Å². The minimum absolute atomic E-state index is 0.00413. The molecule has 2 fully saturated rings. The first-order valence-electron chi connectivity index (χ1n) is 10.5. The van der Waals surface area contributed by atoms with E-state index in [0.717, 1.165) is 57.2 Å². The standard InChI is InChI=1S/C20H32FN5O2S/c1-2-22-20(23-10-15-29(27,28)24-16-17-4-3-5-17)26-13-11-25(12-14-26)19-8-6-18(21)7-9-19/h6-9,17,24H,2-5,10-16H2,1H3,(H,22,23). The summed E-state index contributed by atoms with van der Waals surface area (Å²) >= 11 is 0. The maximum absolute atomic E-state index is 13.1. The highest BCUT2D eigenvalue weighted by atomic mass is 32.2. The Morgan fingerprint density at radius 3 is 2.45 bits per heavy atom. The van der Waals surface area contributed by atoms with Crippen molar-refractivity contribution in [2.45, 2.75) is 26.2 Å². The summed E-state index contributed by atoms with van der Waals surface area (Å²) in [5.74, 6) is 1.03. The highest BCUT2D eigenvalue weighted by Crippen LogP contribution is 2.25. The molecule has 2 N–H and O–H groups in total. The van der Waals surface area contributed by atoms with Crippen molar-refractivity contribution in [2.75, 3.05) is 56.5 Å². The third kappa shape index (κ3) is 6.57. The van der Waals surface area contributed by atoms with E-state index in [9.17, 15) is 12.8 Å². The van der Waals surface area contributed by atoms with Gasteiger partial charge in [0.2, 0.25) is 10.0 Å². The van der Waals surface area contributed by atoms with E-state index in [-0.39, 0.29) is 18.1 Å². The number of nitrogens with zero attached hydrogens (tertiary/aromatic N) is 3. The number of anilines is 1. The van der Waals surface area contributed by atoms with E-state index in [1.165, 1.54) is 18.6 Å². The number of halogens is 1. The summed E-state index contributed by atoms with van der Waals surface area (Å²) in [4.78, 5) is 8.90. The van der Waals surface area contributed by atoms with Gasteiger partial charge in [0.1, 0.15) is 5.82 Å². The van der Waals surface area contributed by atoms with Crippen molar-refractivity contribution in [1.82, 2.24) is 14.9 Å². The van der Waals surface area contributed by atoms with Crippen molar-refractivity contribution in [3.05, 3.63) is 30.1 Å². The highest BCUT2D eigenvalue weighted by molar-refractivity contribution is 7.89. The fourth-order valence-corrected chi connectivity index (χ4v) is 4.51. The van der Waals surface area contributed by atoms with Crippen LogP contribution in [0.5, 0.6) is 0 Å². The molecule has 7 nitrogen and oxygen atoms in total. The molecule has 1 aliphatic heterocycles. The molecule has 9 heteroatoms. The van der Waals surface area contributed by atoms with Crippen LogP contribution in [0.15, 0.2) is 29.3 Å². The van der Waals surface area contributed by atoms with E-state index in [2.05, 4.69) is 24.8 Å². The number of sulfonamides is 1. The smallest absolute Gasteiger partial charge is 0.213 e. The van der Waals surface area contributed by atoms with Crippen LogP contribution in [0, 0.1) is 11.7 Å². The Bertz CT molecular complexity index is 773. The molecule has 0 aromatic heterocycles. The number of guanidine groups is 1. The van der Waals surface area contributed by atoms with Crippen molar-refractivity contribution in [3.8, 4) is 0 Å². The van der Waals surface area contributed by atoms with Crippen molar-refractivity contribution in [1.29, 1.82) is 0 Å². The number of hydrogen-bond donors (Lipinski definition) is 2. The van der Waals surface area contributed by atoms with Gasteiger partial charge in [-0.1, -0.05) is 6.42 Å². The average Bonchev–Trinajstić information content (AvgIpc) is 2.67. The van der Waals surface area contributed by atoms with Gasteiger partial charge in [0.15, 0.2) is 5.96 Å². The van der Waals surface area contributed by atoms with Crippen LogP contribution in [0.3, 0.4) is 0 Å². The zero-order valence-electron chi connectivity index (χ0n) is 17.1. The second-order valence-electron chi connectivity index (χ2n) is 7.65. The van der Waals surface area contributed by atoms with Gasteiger partial charge in [-0.25, -0.2) is 17.5 Å². The Hall–Kier alpha value is -1.87. The number of aliphatic imine (C=N–C) groups is 1. The number of nitrogens with one attached hydrogen (secondary N) is 2. The molecule has 1 heterocycles. The summed E-state index contributed by atoms with van der Waals surface area (Å²) in [7, 11) is -3.28. The lowest BCUT2D eigenvalue weighted by molar-refractivity contribution is 0.316. The number of piperazine rings is 1. The zero-order valence-corrected chi connectivity index (χ0v) is 17.9.